The number of amides is 5. The van der Waals surface area contributed by atoms with E-state index in [9.17, 15) is 40.8 Å². The minimum atomic E-state index is -4.73. The van der Waals surface area contributed by atoms with Crippen molar-refractivity contribution in [2.75, 3.05) is 54.5 Å². The molecule has 5 amide bonds. The number of alkyl halides is 3. The van der Waals surface area contributed by atoms with Gasteiger partial charge in [0, 0.05) is 69.5 Å². The number of hydrazine groups is 1. The minimum absolute atomic E-state index is 0.0236. The number of rotatable bonds is 10. The quantitative estimate of drug-likeness (QED) is 0.198. The lowest BCUT2D eigenvalue weighted by molar-refractivity contribution is -0.137. The van der Waals surface area contributed by atoms with Gasteiger partial charge in [0.2, 0.25) is 11.9 Å². The summed E-state index contributed by atoms with van der Waals surface area (Å²) >= 11 is 0. The molecule has 0 aliphatic carbocycles. The minimum Gasteiger partial charge on any atom is -0.369 e. The summed E-state index contributed by atoms with van der Waals surface area (Å²) in [5.41, 5.74) is 2.09. The van der Waals surface area contributed by atoms with Crippen molar-refractivity contribution in [2.24, 2.45) is 0 Å². The molecule has 2 saturated heterocycles. The van der Waals surface area contributed by atoms with Crippen LogP contribution in [0.3, 0.4) is 0 Å². The number of fused-ring (bicyclic) bond motifs is 1. The van der Waals surface area contributed by atoms with Crippen LogP contribution in [0.15, 0.2) is 77.8 Å². The number of urea groups is 1. The van der Waals surface area contributed by atoms with E-state index >= 15 is 0 Å². The van der Waals surface area contributed by atoms with Crippen LogP contribution in [0.5, 0.6) is 0 Å². The standard InChI is InChI=1S/C36H34F3N9O6S/c1-55(53,54)26-4-2-3-22(17-26)19-40-31-29(36(37,38)39)20-41-34(44-31)42-24-6-8-25(9-7-24)46-15-13-45(14-16-46)21-23-5-10-27-28(18-23)33(51)48(32(27)50)47-12-11-30(49)43-35(47)52/h2-10,17-18,20H,11-16,19,21H2,1H3,(H,43,49,52)(H2,40,41,42,44). The Bertz CT molecular complexity index is 2300. The van der Waals surface area contributed by atoms with E-state index in [1.54, 1.807) is 36.4 Å². The molecule has 19 heteroatoms. The molecule has 2 fully saturated rings. The van der Waals surface area contributed by atoms with E-state index in [-0.39, 0.29) is 41.5 Å². The van der Waals surface area contributed by atoms with Gasteiger partial charge in [0.05, 0.1) is 22.6 Å². The van der Waals surface area contributed by atoms with Crippen LogP contribution in [0.1, 0.15) is 43.8 Å². The molecular weight excluding hydrogens is 744 g/mol. The molecule has 7 rings (SSSR count). The van der Waals surface area contributed by atoms with Gasteiger partial charge in [-0.1, -0.05) is 18.2 Å². The first kappa shape index (κ1) is 37.2. The first-order chi connectivity index (χ1) is 26.1. The van der Waals surface area contributed by atoms with E-state index < -0.39 is 51.1 Å². The van der Waals surface area contributed by atoms with Gasteiger partial charge >= 0.3 is 12.2 Å². The van der Waals surface area contributed by atoms with Crippen LogP contribution >= 0.6 is 0 Å². The summed E-state index contributed by atoms with van der Waals surface area (Å²) in [5, 5.41) is 9.48. The third kappa shape index (κ3) is 8.07. The molecular formula is C36H34F3N9O6S. The molecule has 3 aliphatic rings. The summed E-state index contributed by atoms with van der Waals surface area (Å²) in [6.07, 6.45) is -3.02. The van der Waals surface area contributed by atoms with Gasteiger partial charge in [0.1, 0.15) is 11.4 Å². The second kappa shape index (κ2) is 14.6. The third-order valence-corrected chi connectivity index (χ3v) is 10.5. The Balaban J connectivity index is 0.948. The largest absolute Gasteiger partial charge is 0.421 e. The van der Waals surface area contributed by atoms with Gasteiger partial charge in [-0.2, -0.15) is 23.2 Å². The Morgan fingerprint density at radius 2 is 1.58 bits per heavy atom. The Hall–Kier alpha value is -6.08. The normalized spacial score (nSPS) is 16.7. The number of nitrogens with one attached hydrogen (secondary N) is 3. The molecule has 1 aromatic heterocycles. The van der Waals surface area contributed by atoms with Gasteiger partial charge in [-0.05, 0) is 59.7 Å². The van der Waals surface area contributed by atoms with Gasteiger partial charge in [0.25, 0.3) is 11.8 Å². The van der Waals surface area contributed by atoms with Crippen LogP contribution < -0.4 is 20.9 Å². The molecule has 3 aromatic carbocycles. The zero-order valence-electron chi connectivity index (χ0n) is 29.3. The maximum Gasteiger partial charge on any atom is 0.421 e. The lowest BCUT2D eigenvalue weighted by Crippen LogP contribution is -2.58. The first-order valence-electron chi connectivity index (χ1n) is 17.1. The number of imide groups is 2. The molecule has 0 saturated carbocycles. The van der Waals surface area contributed by atoms with E-state index in [2.05, 4.69) is 35.7 Å². The second-order valence-electron chi connectivity index (χ2n) is 13.2. The average molecular weight is 778 g/mol. The number of aromatic nitrogens is 2. The van der Waals surface area contributed by atoms with Crippen molar-refractivity contribution in [1.82, 2.24) is 30.2 Å². The molecule has 4 heterocycles. The second-order valence-corrected chi connectivity index (χ2v) is 15.2. The predicted octanol–water partition coefficient (Wildman–Crippen LogP) is 4.03. The SMILES string of the molecule is CS(=O)(=O)c1cccc(CNc2nc(Nc3ccc(N4CCN(Cc5ccc6c(c5)C(=O)N(N5CCC(=O)NC5=O)C6=O)CC4)cc3)ncc2C(F)(F)F)c1. The van der Waals surface area contributed by atoms with Crippen molar-refractivity contribution >= 4 is 56.7 Å². The Labute approximate surface area is 313 Å². The number of nitrogens with zero attached hydrogens (tertiary/aromatic N) is 6. The fourth-order valence-corrected chi connectivity index (χ4v) is 7.19. The lowest BCUT2D eigenvalue weighted by atomic mass is 10.1. The van der Waals surface area contributed by atoms with Crippen molar-refractivity contribution in [3.63, 3.8) is 0 Å². The topological polar surface area (TPSA) is 177 Å². The number of sulfone groups is 1. The monoisotopic (exact) mass is 777 g/mol. The highest BCUT2D eigenvalue weighted by molar-refractivity contribution is 7.90. The summed E-state index contributed by atoms with van der Waals surface area (Å²) in [7, 11) is -3.50. The van der Waals surface area contributed by atoms with Crippen molar-refractivity contribution in [2.45, 2.75) is 30.6 Å². The molecule has 55 heavy (non-hydrogen) atoms. The summed E-state index contributed by atoms with van der Waals surface area (Å²) in [6.45, 7) is 3.13. The summed E-state index contributed by atoms with van der Waals surface area (Å²) in [6, 6.07) is 17.4. The Morgan fingerprint density at radius 1 is 0.855 bits per heavy atom. The number of carbonyl (C=O) groups excluding carboxylic acids is 4. The van der Waals surface area contributed by atoms with Gasteiger partial charge in [-0.3, -0.25) is 24.6 Å². The fourth-order valence-electron chi connectivity index (χ4n) is 6.50. The number of anilines is 4. The van der Waals surface area contributed by atoms with E-state index in [0.29, 0.717) is 50.2 Å². The molecule has 4 aromatic rings. The van der Waals surface area contributed by atoms with Crippen molar-refractivity contribution in [1.29, 1.82) is 0 Å². The molecule has 15 nitrogen and oxygen atoms in total. The Morgan fingerprint density at radius 3 is 2.27 bits per heavy atom. The maximum atomic E-state index is 13.8. The molecule has 0 bridgehead atoms. The van der Waals surface area contributed by atoms with Crippen LogP contribution in [0.2, 0.25) is 0 Å². The maximum absolute atomic E-state index is 13.8. The summed E-state index contributed by atoms with van der Waals surface area (Å²) < 4.78 is 65.2. The van der Waals surface area contributed by atoms with Crippen LogP contribution in [0, 0.1) is 0 Å². The van der Waals surface area contributed by atoms with Gasteiger partial charge in [0.15, 0.2) is 9.84 Å². The number of hydrogen-bond donors (Lipinski definition) is 3. The molecule has 0 radical (unpaired) electrons. The molecule has 0 spiro atoms. The predicted molar refractivity (Wildman–Crippen MR) is 193 cm³/mol. The number of benzene rings is 3. The summed E-state index contributed by atoms with van der Waals surface area (Å²) in [4.78, 5) is 62.4. The number of carbonyl (C=O) groups is 4. The van der Waals surface area contributed by atoms with E-state index in [1.807, 2.05) is 12.1 Å². The third-order valence-electron chi connectivity index (χ3n) is 9.35. The summed E-state index contributed by atoms with van der Waals surface area (Å²) in [5.74, 6) is -2.24. The van der Waals surface area contributed by atoms with Crippen molar-refractivity contribution in [3.05, 3.63) is 101 Å². The number of halogens is 3. The van der Waals surface area contributed by atoms with E-state index in [1.165, 1.54) is 18.2 Å². The van der Waals surface area contributed by atoms with Crippen LogP contribution in [-0.2, 0) is 33.9 Å². The molecule has 3 aliphatic heterocycles. The zero-order valence-corrected chi connectivity index (χ0v) is 30.1. The van der Waals surface area contributed by atoms with Crippen LogP contribution in [0.4, 0.5) is 41.1 Å². The van der Waals surface area contributed by atoms with Crippen molar-refractivity contribution < 1.29 is 40.8 Å². The van der Waals surface area contributed by atoms with Crippen LogP contribution in [0.25, 0.3) is 0 Å². The lowest BCUT2D eigenvalue weighted by Gasteiger charge is -2.36. The molecule has 286 valence electrons. The van der Waals surface area contributed by atoms with Gasteiger partial charge < -0.3 is 15.5 Å². The first-order valence-corrected chi connectivity index (χ1v) is 19.0. The smallest absolute Gasteiger partial charge is 0.369 e. The molecule has 3 N–H and O–H groups in total. The highest BCUT2D eigenvalue weighted by Crippen LogP contribution is 2.35. The highest BCUT2D eigenvalue weighted by atomic mass is 32.2. The fraction of sp³-hybridized carbons (Fsp3) is 0.278. The van der Waals surface area contributed by atoms with Crippen molar-refractivity contribution in [3.8, 4) is 0 Å². The van der Waals surface area contributed by atoms with Gasteiger partial charge in [-0.25, -0.2) is 23.2 Å². The number of hydrogen-bond acceptors (Lipinski definition) is 12. The molecule has 0 unspecified atom stereocenters. The average Bonchev–Trinajstić information content (AvgIpc) is 3.39. The van der Waals surface area contributed by atoms with E-state index in [4.69, 9.17) is 0 Å². The van der Waals surface area contributed by atoms with E-state index in [0.717, 1.165) is 27.5 Å². The zero-order chi connectivity index (χ0) is 39.1. The Kier molecular flexibility index (Phi) is 9.91. The molecule has 0 atom stereocenters. The van der Waals surface area contributed by atoms with Crippen LogP contribution in [-0.4, -0.2) is 96.0 Å². The van der Waals surface area contributed by atoms with Gasteiger partial charge in [-0.15, -0.1) is 0 Å². The number of piperazine rings is 1. The highest BCUT2D eigenvalue weighted by Gasteiger charge is 2.43.